The molecular weight excluding hydrogens is 314 g/mol. The normalized spacial score (nSPS) is 15.5. The van der Waals surface area contributed by atoms with Crippen LogP contribution in [0.5, 0.6) is 0 Å². The van der Waals surface area contributed by atoms with Gasteiger partial charge in [0, 0.05) is 32.2 Å². The van der Waals surface area contributed by atoms with E-state index in [2.05, 4.69) is 10.2 Å². The number of nitrogens with zero attached hydrogens (tertiary/aromatic N) is 3. The van der Waals surface area contributed by atoms with Crippen LogP contribution in [0, 0.1) is 0 Å². The maximum atomic E-state index is 12.4. The van der Waals surface area contributed by atoms with Gasteiger partial charge in [0.05, 0.1) is 6.42 Å². The SMILES string of the molecule is Nc1cc(C(=O)N2CCCN(C(=O)Cc3ccsc3)CC2)[nH]n1. The van der Waals surface area contributed by atoms with Gasteiger partial charge in [-0.1, -0.05) is 0 Å². The molecule has 0 spiro atoms. The Morgan fingerprint density at radius 1 is 1.26 bits per heavy atom. The van der Waals surface area contributed by atoms with E-state index in [9.17, 15) is 9.59 Å². The van der Waals surface area contributed by atoms with Crippen LogP contribution in [0.25, 0.3) is 0 Å². The van der Waals surface area contributed by atoms with Crippen molar-refractivity contribution in [2.45, 2.75) is 12.8 Å². The van der Waals surface area contributed by atoms with E-state index in [4.69, 9.17) is 5.73 Å². The van der Waals surface area contributed by atoms with E-state index in [1.807, 2.05) is 21.7 Å². The number of thiophene rings is 1. The third-order valence-electron chi connectivity index (χ3n) is 3.90. The number of hydrogen-bond donors (Lipinski definition) is 2. The molecule has 122 valence electrons. The summed E-state index contributed by atoms with van der Waals surface area (Å²) in [6.45, 7) is 2.38. The van der Waals surface area contributed by atoms with E-state index >= 15 is 0 Å². The molecule has 2 amide bonds. The van der Waals surface area contributed by atoms with E-state index in [0.29, 0.717) is 44.1 Å². The molecule has 3 heterocycles. The lowest BCUT2D eigenvalue weighted by Crippen LogP contribution is -2.38. The van der Waals surface area contributed by atoms with Crippen molar-refractivity contribution in [3.05, 3.63) is 34.2 Å². The summed E-state index contributed by atoms with van der Waals surface area (Å²) in [5.41, 5.74) is 6.97. The van der Waals surface area contributed by atoms with Gasteiger partial charge in [-0.15, -0.1) is 0 Å². The Morgan fingerprint density at radius 2 is 2.04 bits per heavy atom. The minimum Gasteiger partial charge on any atom is -0.382 e. The predicted molar refractivity (Wildman–Crippen MR) is 88.1 cm³/mol. The second kappa shape index (κ2) is 6.82. The van der Waals surface area contributed by atoms with Gasteiger partial charge in [0.2, 0.25) is 5.91 Å². The summed E-state index contributed by atoms with van der Waals surface area (Å²) in [6, 6.07) is 3.51. The molecule has 1 fully saturated rings. The third-order valence-corrected chi connectivity index (χ3v) is 4.63. The van der Waals surface area contributed by atoms with E-state index in [-0.39, 0.29) is 11.8 Å². The molecule has 2 aromatic rings. The molecule has 0 bridgehead atoms. The maximum absolute atomic E-state index is 12.4. The van der Waals surface area contributed by atoms with E-state index in [1.54, 1.807) is 16.2 Å². The molecule has 0 radical (unpaired) electrons. The second-order valence-corrected chi connectivity index (χ2v) is 6.32. The van der Waals surface area contributed by atoms with Crippen molar-refractivity contribution < 1.29 is 9.59 Å². The fourth-order valence-electron chi connectivity index (χ4n) is 2.67. The lowest BCUT2D eigenvalue weighted by molar-refractivity contribution is -0.130. The summed E-state index contributed by atoms with van der Waals surface area (Å²) in [4.78, 5) is 28.3. The minimum atomic E-state index is -0.124. The fourth-order valence-corrected chi connectivity index (χ4v) is 3.34. The predicted octanol–water partition coefficient (Wildman–Crippen LogP) is 0.971. The largest absolute Gasteiger partial charge is 0.382 e. The van der Waals surface area contributed by atoms with Crippen LogP contribution in [0.4, 0.5) is 5.82 Å². The Labute approximate surface area is 138 Å². The van der Waals surface area contributed by atoms with Gasteiger partial charge in [0.15, 0.2) is 0 Å². The Hall–Kier alpha value is -2.35. The van der Waals surface area contributed by atoms with Crippen molar-refractivity contribution in [1.29, 1.82) is 0 Å². The summed E-state index contributed by atoms with van der Waals surface area (Å²) < 4.78 is 0. The van der Waals surface area contributed by atoms with Gasteiger partial charge in [0.25, 0.3) is 5.91 Å². The topological polar surface area (TPSA) is 95.3 Å². The molecule has 1 aliphatic heterocycles. The number of carbonyl (C=O) groups excluding carboxylic acids is 2. The first-order valence-electron chi connectivity index (χ1n) is 7.52. The molecular formula is C15H19N5O2S. The number of aromatic nitrogens is 2. The number of nitrogens with one attached hydrogen (secondary N) is 1. The molecule has 0 atom stereocenters. The zero-order valence-corrected chi connectivity index (χ0v) is 13.5. The first kappa shape index (κ1) is 15.5. The highest BCUT2D eigenvalue weighted by Gasteiger charge is 2.23. The number of hydrogen-bond acceptors (Lipinski definition) is 5. The minimum absolute atomic E-state index is 0.114. The van der Waals surface area contributed by atoms with Gasteiger partial charge in [-0.25, -0.2) is 0 Å². The van der Waals surface area contributed by atoms with Gasteiger partial charge in [0.1, 0.15) is 11.5 Å². The lowest BCUT2D eigenvalue weighted by atomic mass is 10.2. The molecule has 7 nitrogen and oxygen atoms in total. The molecule has 0 saturated carbocycles. The van der Waals surface area contributed by atoms with E-state index in [1.165, 1.54) is 6.07 Å². The summed E-state index contributed by atoms with van der Waals surface area (Å²) in [7, 11) is 0. The number of H-pyrrole nitrogens is 1. The van der Waals surface area contributed by atoms with Crippen molar-refractivity contribution in [2.24, 2.45) is 0 Å². The molecule has 1 saturated heterocycles. The molecule has 0 aliphatic carbocycles. The Morgan fingerprint density at radius 3 is 2.74 bits per heavy atom. The summed E-state index contributed by atoms with van der Waals surface area (Å²) in [5.74, 6) is 0.292. The van der Waals surface area contributed by atoms with E-state index < -0.39 is 0 Å². The Kier molecular flexibility index (Phi) is 4.61. The monoisotopic (exact) mass is 333 g/mol. The highest BCUT2D eigenvalue weighted by molar-refractivity contribution is 7.08. The van der Waals surface area contributed by atoms with Crippen LogP contribution in [0.2, 0.25) is 0 Å². The van der Waals surface area contributed by atoms with Crippen molar-refractivity contribution in [1.82, 2.24) is 20.0 Å². The molecule has 23 heavy (non-hydrogen) atoms. The van der Waals surface area contributed by atoms with Crippen LogP contribution in [0.1, 0.15) is 22.5 Å². The summed E-state index contributed by atoms with van der Waals surface area (Å²) in [6.07, 6.45) is 1.19. The molecule has 0 unspecified atom stereocenters. The zero-order chi connectivity index (χ0) is 16.2. The quantitative estimate of drug-likeness (QED) is 0.875. The smallest absolute Gasteiger partial charge is 0.272 e. The Bertz CT molecular complexity index is 682. The number of anilines is 1. The van der Waals surface area contributed by atoms with Gasteiger partial charge >= 0.3 is 0 Å². The Balaban J connectivity index is 1.58. The van der Waals surface area contributed by atoms with Gasteiger partial charge in [-0.05, 0) is 28.8 Å². The van der Waals surface area contributed by atoms with Crippen LogP contribution >= 0.6 is 11.3 Å². The van der Waals surface area contributed by atoms with Gasteiger partial charge in [-0.2, -0.15) is 16.4 Å². The highest BCUT2D eigenvalue weighted by Crippen LogP contribution is 2.12. The number of amides is 2. The van der Waals surface area contributed by atoms with Crippen LogP contribution in [-0.2, 0) is 11.2 Å². The number of nitrogen functional groups attached to an aromatic ring is 1. The highest BCUT2D eigenvalue weighted by atomic mass is 32.1. The molecule has 8 heteroatoms. The van der Waals surface area contributed by atoms with Crippen LogP contribution in [0.15, 0.2) is 22.9 Å². The van der Waals surface area contributed by atoms with Gasteiger partial charge in [-0.3, -0.25) is 14.7 Å². The number of carbonyl (C=O) groups is 2. The molecule has 3 rings (SSSR count). The average molecular weight is 333 g/mol. The molecule has 2 aromatic heterocycles. The van der Waals surface area contributed by atoms with Crippen LogP contribution in [0.3, 0.4) is 0 Å². The standard InChI is InChI=1S/C15H19N5O2S/c16-13-9-12(17-18-13)15(22)20-4-1-3-19(5-6-20)14(21)8-11-2-7-23-10-11/h2,7,9-10H,1,3-6,8H2,(H3,16,17,18). The summed E-state index contributed by atoms with van der Waals surface area (Å²) in [5, 5.41) is 10.4. The van der Waals surface area contributed by atoms with Crippen LogP contribution < -0.4 is 5.73 Å². The number of rotatable bonds is 3. The third kappa shape index (κ3) is 3.70. The molecule has 3 N–H and O–H groups in total. The number of nitrogens with two attached hydrogens (primary N) is 1. The van der Waals surface area contributed by atoms with Crippen molar-refractivity contribution in [3.8, 4) is 0 Å². The van der Waals surface area contributed by atoms with Crippen molar-refractivity contribution in [2.75, 3.05) is 31.9 Å². The van der Waals surface area contributed by atoms with Crippen molar-refractivity contribution >= 4 is 29.0 Å². The number of aromatic amines is 1. The second-order valence-electron chi connectivity index (χ2n) is 5.54. The average Bonchev–Trinajstić information content (AvgIpc) is 3.12. The maximum Gasteiger partial charge on any atom is 0.272 e. The van der Waals surface area contributed by atoms with E-state index in [0.717, 1.165) is 12.0 Å². The molecule has 0 aromatic carbocycles. The first-order chi connectivity index (χ1) is 11.1. The summed E-state index contributed by atoms with van der Waals surface area (Å²) >= 11 is 1.59. The zero-order valence-electron chi connectivity index (χ0n) is 12.7. The van der Waals surface area contributed by atoms with Crippen molar-refractivity contribution in [3.63, 3.8) is 0 Å². The fraction of sp³-hybridized carbons (Fsp3) is 0.400. The lowest BCUT2D eigenvalue weighted by Gasteiger charge is -2.21. The molecule has 1 aliphatic rings. The van der Waals surface area contributed by atoms with Crippen LogP contribution in [-0.4, -0.2) is 58.0 Å². The van der Waals surface area contributed by atoms with Gasteiger partial charge < -0.3 is 15.5 Å². The first-order valence-corrected chi connectivity index (χ1v) is 8.47.